The van der Waals surface area contributed by atoms with Crippen LogP contribution < -0.4 is 4.90 Å². The number of nitriles is 1. The average molecular weight is 371 g/mol. The Morgan fingerprint density at radius 1 is 0.857 bits per heavy atom. The van der Waals surface area contributed by atoms with Crippen LogP contribution in [0.4, 0.5) is 5.69 Å². The summed E-state index contributed by atoms with van der Waals surface area (Å²) in [4.78, 5) is 30.0. The van der Waals surface area contributed by atoms with Crippen molar-refractivity contribution in [1.29, 1.82) is 5.26 Å². The van der Waals surface area contributed by atoms with Crippen molar-refractivity contribution in [1.82, 2.24) is 4.90 Å². The molecule has 0 unspecified atom stereocenters. The lowest BCUT2D eigenvalue weighted by Crippen LogP contribution is -2.37. The van der Waals surface area contributed by atoms with Crippen LogP contribution in [0.2, 0.25) is 0 Å². The molecule has 140 valence electrons. The molecule has 0 saturated carbocycles. The minimum Gasteiger partial charge on any atom is -0.366 e. The number of imide groups is 1. The van der Waals surface area contributed by atoms with E-state index in [1.165, 1.54) is 4.90 Å². The Balaban J connectivity index is 1.80. The largest absolute Gasteiger partial charge is 0.366 e. The third-order valence-corrected chi connectivity index (χ3v) is 5.33. The van der Waals surface area contributed by atoms with Crippen molar-refractivity contribution in [2.75, 3.05) is 18.0 Å². The molecule has 0 bridgehead atoms. The van der Waals surface area contributed by atoms with Gasteiger partial charge in [-0.25, -0.2) is 4.90 Å². The summed E-state index contributed by atoms with van der Waals surface area (Å²) in [5.74, 6) is -0.591. The Labute approximate surface area is 164 Å². The molecule has 1 saturated heterocycles. The van der Waals surface area contributed by atoms with E-state index in [9.17, 15) is 9.59 Å². The zero-order valence-electron chi connectivity index (χ0n) is 15.8. The molecular weight excluding hydrogens is 350 g/mol. The Morgan fingerprint density at radius 2 is 1.50 bits per heavy atom. The SMILES string of the molecule is Cc1ccc(C2=C(N3CCCCC3)C(=O)N(c3ccc(C#N)cc3)C2=O)cc1. The van der Waals surface area contributed by atoms with Gasteiger partial charge in [-0.1, -0.05) is 29.8 Å². The molecule has 5 nitrogen and oxygen atoms in total. The van der Waals surface area contributed by atoms with Gasteiger partial charge in [-0.15, -0.1) is 0 Å². The van der Waals surface area contributed by atoms with Gasteiger partial charge in [0.2, 0.25) is 0 Å². The first kappa shape index (κ1) is 18.0. The number of benzene rings is 2. The van der Waals surface area contributed by atoms with E-state index in [1.807, 2.05) is 31.2 Å². The Hall–Kier alpha value is -3.39. The number of likely N-dealkylation sites (tertiary alicyclic amines) is 1. The molecule has 2 aromatic rings. The van der Waals surface area contributed by atoms with Crippen LogP contribution in [0.3, 0.4) is 0 Å². The predicted octanol–water partition coefficient (Wildman–Crippen LogP) is 3.64. The molecular formula is C23H21N3O2. The molecule has 0 spiro atoms. The van der Waals surface area contributed by atoms with E-state index in [0.717, 1.165) is 43.5 Å². The first-order chi connectivity index (χ1) is 13.6. The molecule has 2 aliphatic heterocycles. The van der Waals surface area contributed by atoms with Gasteiger partial charge in [0.05, 0.1) is 22.9 Å². The average Bonchev–Trinajstić information content (AvgIpc) is 2.99. The fourth-order valence-corrected chi connectivity index (χ4v) is 3.83. The highest BCUT2D eigenvalue weighted by Gasteiger charge is 2.42. The van der Waals surface area contributed by atoms with Gasteiger partial charge in [0, 0.05) is 13.1 Å². The van der Waals surface area contributed by atoms with Crippen molar-refractivity contribution >= 4 is 23.1 Å². The molecule has 2 aromatic carbocycles. The number of hydrogen-bond acceptors (Lipinski definition) is 4. The number of carbonyl (C=O) groups is 2. The van der Waals surface area contributed by atoms with E-state index in [-0.39, 0.29) is 11.8 Å². The third kappa shape index (κ3) is 3.07. The lowest BCUT2D eigenvalue weighted by Gasteiger charge is -2.29. The zero-order chi connectivity index (χ0) is 19.7. The monoisotopic (exact) mass is 371 g/mol. The Kier molecular flexibility index (Phi) is 4.70. The second kappa shape index (κ2) is 7.32. The summed E-state index contributed by atoms with van der Waals surface area (Å²) >= 11 is 0. The number of amides is 2. The van der Waals surface area contributed by atoms with Gasteiger partial charge in [-0.2, -0.15) is 5.26 Å². The van der Waals surface area contributed by atoms with Crippen molar-refractivity contribution < 1.29 is 9.59 Å². The smallest absolute Gasteiger partial charge is 0.282 e. The van der Waals surface area contributed by atoms with E-state index < -0.39 is 0 Å². The summed E-state index contributed by atoms with van der Waals surface area (Å²) in [6.45, 7) is 3.56. The van der Waals surface area contributed by atoms with Gasteiger partial charge in [0.25, 0.3) is 11.8 Å². The number of rotatable bonds is 3. The van der Waals surface area contributed by atoms with Crippen molar-refractivity contribution in [3.05, 3.63) is 70.9 Å². The topological polar surface area (TPSA) is 64.4 Å². The summed E-state index contributed by atoms with van der Waals surface area (Å²) in [5.41, 5.74) is 3.82. The summed E-state index contributed by atoms with van der Waals surface area (Å²) in [7, 11) is 0. The number of nitrogens with zero attached hydrogens (tertiary/aromatic N) is 3. The maximum Gasteiger partial charge on any atom is 0.282 e. The molecule has 2 aliphatic rings. The molecule has 28 heavy (non-hydrogen) atoms. The highest BCUT2D eigenvalue weighted by Crippen LogP contribution is 2.36. The second-order valence-electron chi connectivity index (χ2n) is 7.24. The molecule has 2 amide bonds. The Morgan fingerprint density at radius 3 is 2.11 bits per heavy atom. The van der Waals surface area contributed by atoms with Crippen LogP contribution in [-0.2, 0) is 9.59 Å². The molecule has 0 N–H and O–H groups in total. The molecule has 0 aromatic heterocycles. The maximum atomic E-state index is 13.4. The van der Waals surface area contributed by atoms with Crippen LogP contribution in [-0.4, -0.2) is 29.8 Å². The van der Waals surface area contributed by atoms with Crippen molar-refractivity contribution in [3.63, 3.8) is 0 Å². The van der Waals surface area contributed by atoms with Crippen LogP contribution in [0.15, 0.2) is 54.2 Å². The number of aryl methyl sites for hydroxylation is 1. The van der Waals surface area contributed by atoms with Gasteiger partial charge in [-0.3, -0.25) is 9.59 Å². The summed E-state index contributed by atoms with van der Waals surface area (Å²) in [6, 6.07) is 16.3. The summed E-state index contributed by atoms with van der Waals surface area (Å²) < 4.78 is 0. The van der Waals surface area contributed by atoms with Gasteiger partial charge in [-0.05, 0) is 56.0 Å². The summed E-state index contributed by atoms with van der Waals surface area (Å²) in [6.07, 6.45) is 3.18. The van der Waals surface area contributed by atoms with Gasteiger partial charge in [0.1, 0.15) is 5.70 Å². The van der Waals surface area contributed by atoms with Crippen molar-refractivity contribution in [2.24, 2.45) is 0 Å². The van der Waals surface area contributed by atoms with Crippen LogP contribution in [0.25, 0.3) is 5.57 Å². The normalized spacial score (nSPS) is 17.3. The van der Waals surface area contributed by atoms with E-state index in [4.69, 9.17) is 5.26 Å². The zero-order valence-corrected chi connectivity index (χ0v) is 15.8. The lowest BCUT2D eigenvalue weighted by atomic mass is 10.0. The molecule has 0 atom stereocenters. The quantitative estimate of drug-likeness (QED) is 0.773. The molecule has 0 aliphatic carbocycles. The van der Waals surface area contributed by atoms with Crippen LogP contribution in [0.5, 0.6) is 0 Å². The minimum absolute atomic E-state index is 0.285. The van der Waals surface area contributed by atoms with Crippen LogP contribution in [0.1, 0.15) is 36.0 Å². The van der Waals surface area contributed by atoms with E-state index in [1.54, 1.807) is 24.3 Å². The second-order valence-corrected chi connectivity index (χ2v) is 7.24. The summed E-state index contributed by atoms with van der Waals surface area (Å²) in [5, 5.41) is 9.01. The highest BCUT2D eigenvalue weighted by molar-refractivity contribution is 6.45. The van der Waals surface area contributed by atoms with Crippen molar-refractivity contribution in [2.45, 2.75) is 26.2 Å². The van der Waals surface area contributed by atoms with E-state index in [0.29, 0.717) is 22.5 Å². The minimum atomic E-state index is -0.306. The van der Waals surface area contributed by atoms with Gasteiger partial charge >= 0.3 is 0 Å². The molecule has 0 radical (unpaired) electrons. The van der Waals surface area contributed by atoms with Crippen molar-refractivity contribution in [3.8, 4) is 6.07 Å². The highest BCUT2D eigenvalue weighted by atomic mass is 16.2. The predicted molar refractivity (Wildman–Crippen MR) is 107 cm³/mol. The van der Waals surface area contributed by atoms with E-state index >= 15 is 0 Å². The number of carbonyl (C=O) groups excluding carboxylic acids is 2. The van der Waals surface area contributed by atoms with Crippen LogP contribution >= 0.6 is 0 Å². The third-order valence-electron chi connectivity index (χ3n) is 5.33. The number of hydrogen-bond donors (Lipinski definition) is 0. The number of anilines is 1. The maximum absolute atomic E-state index is 13.4. The van der Waals surface area contributed by atoms with E-state index in [2.05, 4.69) is 11.0 Å². The fourth-order valence-electron chi connectivity index (χ4n) is 3.83. The first-order valence-corrected chi connectivity index (χ1v) is 9.55. The molecule has 5 heteroatoms. The van der Waals surface area contributed by atoms with Gasteiger partial charge < -0.3 is 4.90 Å². The fraction of sp³-hybridized carbons (Fsp3) is 0.261. The molecule has 1 fully saturated rings. The molecule has 2 heterocycles. The standard InChI is InChI=1S/C23H21N3O2/c1-16-5-9-18(10-6-16)20-21(25-13-3-2-4-14-25)23(28)26(22(20)27)19-11-7-17(15-24)8-12-19/h5-12H,2-4,13-14H2,1H3. The number of piperidine rings is 1. The first-order valence-electron chi connectivity index (χ1n) is 9.55. The van der Waals surface area contributed by atoms with Gasteiger partial charge in [0.15, 0.2) is 0 Å². The lowest BCUT2D eigenvalue weighted by molar-refractivity contribution is -0.120. The Bertz CT molecular complexity index is 992. The van der Waals surface area contributed by atoms with Crippen LogP contribution in [0, 0.1) is 18.3 Å². The molecule has 4 rings (SSSR count).